The van der Waals surface area contributed by atoms with Crippen molar-refractivity contribution in [1.29, 1.82) is 5.26 Å². The Balaban J connectivity index is 1.71. The number of hydrogen-bond donors (Lipinski definition) is 2. The van der Waals surface area contributed by atoms with E-state index in [1.54, 1.807) is 33.8 Å². The summed E-state index contributed by atoms with van der Waals surface area (Å²) in [5.74, 6) is -0.755. The Kier molecular flexibility index (Phi) is 7.40. The molecule has 41 heavy (non-hydrogen) atoms. The van der Waals surface area contributed by atoms with Crippen molar-refractivity contribution in [3.05, 3.63) is 41.5 Å². The van der Waals surface area contributed by atoms with E-state index in [1.807, 2.05) is 0 Å². The van der Waals surface area contributed by atoms with Crippen LogP contribution in [0.2, 0.25) is 0 Å². The molecule has 2 aliphatic heterocycles. The zero-order chi connectivity index (χ0) is 29.5. The maximum atomic E-state index is 16.4. The van der Waals surface area contributed by atoms with Crippen molar-refractivity contribution in [3.63, 3.8) is 0 Å². The lowest BCUT2D eigenvalue weighted by molar-refractivity contribution is 0.0635. The molecule has 12 heteroatoms. The number of nitrogens with zero attached hydrogens (tertiary/aromatic N) is 4. The number of carbonyl (C=O) groups is 2. The number of rotatable bonds is 4. The van der Waals surface area contributed by atoms with Crippen LogP contribution in [0.5, 0.6) is 5.88 Å². The van der Waals surface area contributed by atoms with Gasteiger partial charge in [-0.1, -0.05) is 0 Å². The topological polar surface area (TPSA) is 147 Å². The molecule has 0 bridgehead atoms. The molecule has 2 aliphatic rings. The number of halogens is 1. The summed E-state index contributed by atoms with van der Waals surface area (Å²) in [6, 6.07) is 4.94. The van der Waals surface area contributed by atoms with Crippen molar-refractivity contribution in [2.45, 2.75) is 58.1 Å². The summed E-state index contributed by atoms with van der Waals surface area (Å²) in [4.78, 5) is 34.8. The third-order valence-electron chi connectivity index (χ3n) is 7.09. The van der Waals surface area contributed by atoms with Crippen molar-refractivity contribution >= 4 is 34.5 Å². The van der Waals surface area contributed by atoms with Gasteiger partial charge < -0.3 is 19.3 Å². The Bertz CT molecular complexity index is 1570. The number of carbonyl (C=O) groups excluding carboxylic acids is 1. The van der Waals surface area contributed by atoms with Gasteiger partial charge in [0.1, 0.15) is 11.4 Å². The van der Waals surface area contributed by atoms with Crippen molar-refractivity contribution in [3.8, 4) is 23.1 Å². The van der Waals surface area contributed by atoms with E-state index in [-0.39, 0.29) is 29.1 Å². The SMILES string of the molecule is Cc1c(-c2cc3cc(N(C(=O)O)[C@@H]4CCOC4)ncc3c(NC(=O)OC(C)(C)C)c2F)cnc2c1C(C#N)CCO2. The first-order valence-corrected chi connectivity index (χ1v) is 13.2. The highest BCUT2D eigenvalue weighted by Crippen LogP contribution is 2.42. The average Bonchev–Trinajstić information content (AvgIpc) is 3.43. The van der Waals surface area contributed by atoms with Crippen LogP contribution >= 0.6 is 0 Å². The third-order valence-corrected chi connectivity index (χ3v) is 7.09. The fraction of sp³-hybridized carbons (Fsp3) is 0.414. The number of ether oxygens (including phenoxy) is 3. The molecule has 1 unspecified atom stereocenters. The first-order valence-electron chi connectivity index (χ1n) is 13.2. The van der Waals surface area contributed by atoms with Crippen molar-refractivity contribution in [2.24, 2.45) is 0 Å². The Morgan fingerprint density at radius 1 is 1.20 bits per heavy atom. The maximum Gasteiger partial charge on any atom is 0.413 e. The van der Waals surface area contributed by atoms with Gasteiger partial charge in [0.05, 0.1) is 36.9 Å². The highest BCUT2D eigenvalue weighted by atomic mass is 19.1. The number of benzene rings is 1. The molecule has 5 rings (SSSR count). The van der Waals surface area contributed by atoms with Gasteiger partial charge >= 0.3 is 12.2 Å². The fourth-order valence-corrected chi connectivity index (χ4v) is 5.22. The highest BCUT2D eigenvalue weighted by molar-refractivity contribution is 6.04. The van der Waals surface area contributed by atoms with Gasteiger partial charge in [0.25, 0.3) is 0 Å². The molecule has 0 spiro atoms. The summed E-state index contributed by atoms with van der Waals surface area (Å²) in [6.45, 7) is 7.85. The number of pyridine rings is 2. The monoisotopic (exact) mass is 563 g/mol. The van der Waals surface area contributed by atoms with E-state index in [0.717, 1.165) is 4.90 Å². The summed E-state index contributed by atoms with van der Waals surface area (Å²) >= 11 is 0. The average molecular weight is 564 g/mol. The van der Waals surface area contributed by atoms with Crippen LogP contribution in [-0.4, -0.2) is 58.7 Å². The Hall–Kier alpha value is -4.50. The van der Waals surface area contributed by atoms with E-state index in [0.29, 0.717) is 54.0 Å². The first-order chi connectivity index (χ1) is 19.5. The summed E-state index contributed by atoms with van der Waals surface area (Å²) in [7, 11) is 0. The van der Waals surface area contributed by atoms with Gasteiger partial charge in [-0.2, -0.15) is 5.26 Å². The number of aromatic nitrogens is 2. The highest BCUT2D eigenvalue weighted by Gasteiger charge is 2.31. The van der Waals surface area contributed by atoms with Crippen molar-refractivity contribution < 1.29 is 33.3 Å². The minimum absolute atomic E-state index is 0.0989. The van der Waals surface area contributed by atoms with Crippen LogP contribution in [-0.2, 0) is 9.47 Å². The molecule has 4 heterocycles. The van der Waals surface area contributed by atoms with Gasteiger partial charge in [-0.05, 0) is 57.2 Å². The molecule has 0 radical (unpaired) electrons. The van der Waals surface area contributed by atoms with Gasteiger partial charge in [-0.25, -0.2) is 23.9 Å². The summed E-state index contributed by atoms with van der Waals surface area (Å²) < 4.78 is 32.8. The molecule has 0 aliphatic carbocycles. The van der Waals surface area contributed by atoms with Crippen molar-refractivity contribution in [1.82, 2.24) is 9.97 Å². The van der Waals surface area contributed by atoms with Gasteiger partial charge in [0.2, 0.25) is 5.88 Å². The lowest BCUT2D eigenvalue weighted by Gasteiger charge is -2.25. The van der Waals surface area contributed by atoms with Crippen molar-refractivity contribution in [2.75, 3.05) is 30.0 Å². The normalized spacial score (nSPS) is 18.2. The zero-order valence-electron chi connectivity index (χ0n) is 23.2. The van der Waals surface area contributed by atoms with E-state index in [2.05, 4.69) is 21.4 Å². The second-order valence-electron chi connectivity index (χ2n) is 11.0. The van der Waals surface area contributed by atoms with Crippen LogP contribution in [0.25, 0.3) is 21.9 Å². The minimum atomic E-state index is -1.20. The first kappa shape index (κ1) is 28.0. The predicted molar refractivity (Wildman–Crippen MR) is 148 cm³/mol. The number of nitrogens with one attached hydrogen (secondary N) is 1. The molecular weight excluding hydrogens is 533 g/mol. The molecule has 2 amide bonds. The van der Waals surface area contributed by atoms with E-state index in [1.165, 1.54) is 18.5 Å². The summed E-state index contributed by atoms with van der Waals surface area (Å²) in [5, 5.41) is 22.9. The molecule has 0 saturated carbocycles. The summed E-state index contributed by atoms with van der Waals surface area (Å²) in [5.41, 5.74) is 0.692. The van der Waals surface area contributed by atoms with Gasteiger partial charge in [-0.3, -0.25) is 10.2 Å². The number of fused-ring (bicyclic) bond motifs is 2. The number of hydrogen-bond acceptors (Lipinski definition) is 8. The van der Waals surface area contributed by atoms with E-state index < -0.39 is 35.6 Å². The molecule has 1 saturated heterocycles. The lowest BCUT2D eigenvalue weighted by atomic mass is 9.88. The van der Waals surface area contributed by atoms with E-state index >= 15 is 4.39 Å². The molecule has 2 N–H and O–H groups in total. The second-order valence-corrected chi connectivity index (χ2v) is 11.0. The summed E-state index contributed by atoms with van der Waals surface area (Å²) in [6.07, 6.45) is 1.72. The van der Waals surface area contributed by atoms with Gasteiger partial charge in [0, 0.05) is 47.5 Å². The predicted octanol–water partition coefficient (Wildman–Crippen LogP) is 5.75. The van der Waals surface area contributed by atoms with E-state index in [9.17, 15) is 20.0 Å². The Labute approximate surface area is 235 Å². The maximum absolute atomic E-state index is 16.4. The number of anilines is 2. The van der Waals surface area contributed by atoms with Crippen LogP contribution in [0.3, 0.4) is 0 Å². The number of amides is 2. The molecule has 3 aromatic rings. The van der Waals surface area contributed by atoms with Crippen LogP contribution in [0.4, 0.5) is 25.5 Å². The third kappa shape index (κ3) is 5.45. The van der Waals surface area contributed by atoms with Crippen LogP contribution in [0.15, 0.2) is 24.5 Å². The molecule has 214 valence electrons. The van der Waals surface area contributed by atoms with E-state index in [4.69, 9.17) is 14.2 Å². The largest absolute Gasteiger partial charge is 0.477 e. The molecular formula is C29H30FN5O6. The van der Waals surface area contributed by atoms with Crippen LogP contribution in [0, 0.1) is 24.1 Å². The fourth-order valence-electron chi connectivity index (χ4n) is 5.22. The quantitative estimate of drug-likeness (QED) is 0.405. The molecule has 2 aromatic heterocycles. The Morgan fingerprint density at radius 3 is 2.63 bits per heavy atom. The van der Waals surface area contributed by atoms with Crippen LogP contribution < -0.4 is 15.0 Å². The molecule has 2 atom stereocenters. The number of nitriles is 1. The molecule has 11 nitrogen and oxygen atoms in total. The molecule has 1 fully saturated rings. The standard InChI is InChI=1S/C29H30FN5O6/c1-15-20(12-33-26-23(15)16(11-31)5-8-40-26)19-9-17-10-22(35(28(37)38)18-6-7-39-14-18)32-13-21(17)25(24(19)30)34-27(36)41-29(2,3)4/h9-10,12-13,16,18H,5-8,14H2,1-4H3,(H,34,36)(H,37,38)/t16?,18-/m1/s1. The van der Waals surface area contributed by atoms with Crippen LogP contribution in [0.1, 0.15) is 50.7 Å². The van der Waals surface area contributed by atoms with Gasteiger partial charge in [0.15, 0.2) is 5.82 Å². The Morgan fingerprint density at radius 2 is 1.98 bits per heavy atom. The zero-order valence-corrected chi connectivity index (χ0v) is 23.2. The smallest absolute Gasteiger partial charge is 0.413 e. The lowest BCUT2D eigenvalue weighted by Crippen LogP contribution is -2.40. The second kappa shape index (κ2) is 10.8. The number of carboxylic acid groups (broad SMARTS) is 1. The minimum Gasteiger partial charge on any atom is -0.477 e. The van der Waals surface area contributed by atoms with Gasteiger partial charge in [-0.15, -0.1) is 0 Å². The molecule has 1 aromatic carbocycles.